The zero-order valence-corrected chi connectivity index (χ0v) is 12.6. The topological polar surface area (TPSA) is 49.8 Å². The molecule has 0 atom stereocenters. The summed E-state index contributed by atoms with van der Waals surface area (Å²) in [5, 5.41) is 6.86. The van der Waals surface area contributed by atoms with Gasteiger partial charge in [0, 0.05) is 18.7 Å². The zero-order valence-electron chi connectivity index (χ0n) is 12.6. The highest BCUT2D eigenvalue weighted by atomic mass is 15.1. The van der Waals surface area contributed by atoms with Crippen molar-refractivity contribution < 1.29 is 0 Å². The summed E-state index contributed by atoms with van der Waals surface area (Å²) in [4.78, 5) is 9.01. The Labute approximate surface area is 116 Å². The normalized spacial score (nSPS) is 16.8. The predicted molar refractivity (Wildman–Crippen MR) is 80.7 cm³/mol. The van der Waals surface area contributed by atoms with Gasteiger partial charge in [-0.1, -0.05) is 13.3 Å². The standard InChI is InChI=1S/C15H26N4/c1-5-15(8-7-9-15)10-17-14-11(3)13(16-6-2)18-12(4)19-14/h5-10H2,1-4H3,(H2,16,17,18,19). The molecule has 106 valence electrons. The lowest BCUT2D eigenvalue weighted by Gasteiger charge is -2.41. The third kappa shape index (κ3) is 2.99. The molecule has 0 amide bonds. The lowest BCUT2D eigenvalue weighted by Crippen LogP contribution is -2.36. The molecule has 0 aliphatic heterocycles. The van der Waals surface area contributed by atoms with E-state index in [9.17, 15) is 0 Å². The molecule has 0 radical (unpaired) electrons. The molecule has 1 saturated carbocycles. The Morgan fingerprint density at radius 2 is 1.68 bits per heavy atom. The second-order valence-electron chi connectivity index (χ2n) is 5.68. The quantitative estimate of drug-likeness (QED) is 0.823. The Balaban J connectivity index is 2.11. The fraction of sp³-hybridized carbons (Fsp3) is 0.733. The highest BCUT2D eigenvalue weighted by molar-refractivity contribution is 5.57. The summed E-state index contributed by atoms with van der Waals surface area (Å²) >= 11 is 0. The fourth-order valence-electron chi connectivity index (χ4n) is 2.74. The Kier molecular flexibility index (Phi) is 4.27. The van der Waals surface area contributed by atoms with Gasteiger partial charge in [-0.25, -0.2) is 9.97 Å². The molecule has 0 saturated heterocycles. The first kappa shape index (κ1) is 14.1. The van der Waals surface area contributed by atoms with Crippen molar-refractivity contribution in [2.45, 2.75) is 53.4 Å². The van der Waals surface area contributed by atoms with Gasteiger partial charge in [-0.15, -0.1) is 0 Å². The first-order valence-electron chi connectivity index (χ1n) is 7.43. The van der Waals surface area contributed by atoms with Crippen molar-refractivity contribution in [2.75, 3.05) is 23.7 Å². The van der Waals surface area contributed by atoms with Gasteiger partial charge in [-0.3, -0.25) is 0 Å². The largest absolute Gasteiger partial charge is 0.370 e. The van der Waals surface area contributed by atoms with Gasteiger partial charge in [0.25, 0.3) is 0 Å². The molecular formula is C15H26N4. The molecule has 1 aromatic heterocycles. The third-order valence-electron chi connectivity index (χ3n) is 4.40. The van der Waals surface area contributed by atoms with Crippen LogP contribution in [-0.2, 0) is 0 Å². The molecule has 0 unspecified atom stereocenters. The molecule has 2 rings (SSSR count). The molecule has 1 fully saturated rings. The fourth-order valence-corrected chi connectivity index (χ4v) is 2.74. The van der Waals surface area contributed by atoms with Crippen molar-refractivity contribution in [3.63, 3.8) is 0 Å². The predicted octanol–water partition coefficient (Wildman–Crippen LogP) is 3.52. The van der Waals surface area contributed by atoms with Gasteiger partial charge < -0.3 is 10.6 Å². The van der Waals surface area contributed by atoms with E-state index in [-0.39, 0.29) is 0 Å². The lowest BCUT2D eigenvalue weighted by molar-refractivity contribution is 0.145. The van der Waals surface area contributed by atoms with Crippen LogP contribution in [-0.4, -0.2) is 23.1 Å². The van der Waals surface area contributed by atoms with Gasteiger partial charge in [0.1, 0.15) is 17.5 Å². The minimum atomic E-state index is 0.504. The molecule has 4 nitrogen and oxygen atoms in total. The van der Waals surface area contributed by atoms with E-state index < -0.39 is 0 Å². The van der Waals surface area contributed by atoms with Crippen molar-refractivity contribution in [1.29, 1.82) is 0 Å². The summed E-state index contributed by atoms with van der Waals surface area (Å²) in [5.41, 5.74) is 1.63. The number of nitrogens with one attached hydrogen (secondary N) is 2. The first-order valence-corrected chi connectivity index (χ1v) is 7.43. The molecule has 0 aromatic carbocycles. The smallest absolute Gasteiger partial charge is 0.134 e. The lowest BCUT2D eigenvalue weighted by atomic mass is 9.67. The number of hydrogen-bond acceptors (Lipinski definition) is 4. The summed E-state index contributed by atoms with van der Waals surface area (Å²) in [7, 11) is 0. The maximum atomic E-state index is 4.55. The van der Waals surface area contributed by atoms with Crippen LogP contribution in [0.15, 0.2) is 0 Å². The summed E-state index contributed by atoms with van der Waals surface area (Å²) in [6.07, 6.45) is 5.32. The SMILES string of the molecule is CCNc1nc(C)nc(NCC2(CC)CCC2)c1C. The van der Waals surface area contributed by atoms with E-state index >= 15 is 0 Å². The highest BCUT2D eigenvalue weighted by Gasteiger charge is 2.34. The molecule has 1 aromatic rings. The van der Waals surface area contributed by atoms with Crippen LogP contribution < -0.4 is 10.6 Å². The third-order valence-corrected chi connectivity index (χ3v) is 4.40. The first-order chi connectivity index (χ1) is 9.10. The van der Waals surface area contributed by atoms with Crippen LogP contribution in [0.3, 0.4) is 0 Å². The highest BCUT2D eigenvalue weighted by Crippen LogP contribution is 2.43. The number of hydrogen-bond donors (Lipinski definition) is 2. The molecule has 1 aliphatic carbocycles. The summed E-state index contributed by atoms with van der Waals surface area (Å²) in [6.45, 7) is 10.3. The number of rotatable bonds is 6. The van der Waals surface area contributed by atoms with E-state index in [1.165, 1.54) is 25.7 Å². The van der Waals surface area contributed by atoms with Gasteiger partial charge in [0.05, 0.1) is 0 Å². The maximum Gasteiger partial charge on any atom is 0.134 e. The van der Waals surface area contributed by atoms with E-state index in [0.717, 1.165) is 36.1 Å². The minimum absolute atomic E-state index is 0.504. The molecule has 4 heteroatoms. The van der Waals surface area contributed by atoms with Crippen LogP contribution in [0.4, 0.5) is 11.6 Å². The van der Waals surface area contributed by atoms with Crippen molar-refractivity contribution in [2.24, 2.45) is 5.41 Å². The van der Waals surface area contributed by atoms with Crippen molar-refractivity contribution in [3.8, 4) is 0 Å². The van der Waals surface area contributed by atoms with Crippen LogP contribution in [0.25, 0.3) is 0 Å². The van der Waals surface area contributed by atoms with Crippen LogP contribution in [0.2, 0.25) is 0 Å². The van der Waals surface area contributed by atoms with Crippen molar-refractivity contribution >= 4 is 11.6 Å². The monoisotopic (exact) mass is 262 g/mol. The molecule has 0 spiro atoms. The van der Waals surface area contributed by atoms with Gasteiger partial charge in [0.2, 0.25) is 0 Å². The average molecular weight is 262 g/mol. The molecular weight excluding hydrogens is 236 g/mol. The Bertz CT molecular complexity index is 433. The summed E-state index contributed by atoms with van der Waals surface area (Å²) < 4.78 is 0. The molecule has 19 heavy (non-hydrogen) atoms. The zero-order chi connectivity index (χ0) is 13.9. The second-order valence-corrected chi connectivity index (χ2v) is 5.68. The van der Waals surface area contributed by atoms with Gasteiger partial charge in [-0.2, -0.15) is 0 Å². The summed E-state index contributed by atoms with van der Waals surface area (Å²) in [5.74, 6) is 2.77. The molecule has 1 heterocycles. The number of nitrogens with zero attached hydrogens (tertiary/aromatic N) is 2. The molecule has 2 N–H and O–H groups in total. The second kappa shape index (κ2) is 5.76. The van der Waals surface area contributed by atoms with Crippen molar-refractivity contribution in [1.82, 2.24) is 9.97 Å². The van der Waals surface area contributed by atoms with Gasteiger partial charge in [0.15, 0.2) is 0 Å². The number of aromatic nitrogens is 2. The maximum absolute atomic E-state index is 4.55. The van der Waals surface area contributed by atoms with Crippen molar-refractivity contribution in [3.05, 3.63) is 11.4 Å². The minimum Gasteiger partial charge on any atom is -0.370 e. The number of anilines is 2. The van der Waals surface area contributed by atoms with E-state index in [1.54, 1.807) is 0 Å². The van der Waals surface area contributed by atoms with Gasteiger partial charge >= 0.3 is 0 Å². The van der Waals surface area contributed by atoms with Crippen LogP contribution in [0, 0.1) is 19.3 Å². The Morgan fingerprint density at radius 3 is 2.16 bits per heavy atom. The van der Waals surface area contributed by atoms with E-state index in [1.807, 2.05) is 6.92 Å². The van der Waals surface area contributed by atoms with E-state index in [4.69, 9.17) is 0 Å². The van der Waals surface area contributed by atoms with Gasteiger partial charge in [-0.05, 0) is 45.4 Å². The Morgan fingerprint density at radius 1 is 1.05 bits per heavy atom. The van der Waals surface area contributed by atoms with Crippen LogP contribution in [0.5, 0.6) is 0 Å². The van der Waals surface area contributed by atoms with E-state index in [0.29, 0.717) is 5.41 Å². The number of aryl methyl sites for hydroxylation is 1. The Hall–Kier alpha value is -1.32. The average Bonchev–Trinajstić information content (AvgIpc) is 2.34. The van der Waals surface area contributed by atoms with Crippen LogP contribution in [0.1, 0.15) is 50.9 Å². The summed E-state index contributed by atoms with van der Waals surface area (Å²) in [6, 6.07) is 0. The molecule has 1 aliphatic rings. The molecule has 0 bridgehead atoms. The van der Waals surface area contributed by atoms with Crippen LogP contribution >= 0.6 is 0 Å². The van der Waals surface area contributed by atoms with E-state index in [2.05, 4.69) is 41.4 Å².